The number of hydrogen-bond acceptors (Lipinski definition) is 5. The summed E-state index contributed by atoms with van der Waals surface area (Å²) in [6.45, 7) is 4.45. The van der Waals surface area contributed by atoms with Gasteiger partial charge >= 0.3 is 5.97 Å². The van der Waals surface area contributed by atoms with Crippen molar-refractivity contribution in [1.82, 2.24) is 4.90 Å². The van der Waals surface area contributed by atoms with Crippen molar-refractivity contribution in [2.45, 2.75) is 56.3 Å². The maximum absolute atomic E-state index is 14.1. The molecule has 184 valence electrons. The van der Waals surface area contributed by atoms with Gasteiger partial charge < -0.3 is 24.7 Å². The van der Waals surface area contributed by atoms with Crippen LogP contribution in [0.2, 0.25) is 5.02 Å². The van der Waals surface area contributed by atoms with E-state index in [2.05, 4.69) is 6.58 Å². The molecule has 5 atom stereocenters. The zero-order valence-electron chi connectivity index (χ0n) is 19.1. The van der Waals surface area contributed by atoms with Gasteiger partial charge in [-0.15, -0.1) is 6.58 Å². The molecule has 3 fully saturated rings. The zero-order valence-corrected chi connectivity index (χ0v) is 19.8. The van der Waals surface area contributed by atoms with E-state index in [0.29, 0.717) is 42.9 Å². The molecule has 2 bridgehead atoms. The molecule has 0 aliphatic carbocycles. The molecule has 2 N–H and O–H groups in total. The first kappa shape index (κ1) is 24.7. The van der Waals surface area contributed by atoms with Gasteiger partial charge in [0.1, 0.15) is 11.6 Å². The van der Waals surface area contributed by atoms with Crippen LogP contribution in [0.5, 0.6) is 0 Å². The second kappa shape index (κ2) is 10.1. The van der Waals surface area contributed by atoms with Crippen molar-refractivity contribution in [2.24, 2.45) is 11.8 Å². The highest BCUT2D eigenvalue weighted by Gasteiger charge is 2.74. The molecule has 3 saturated heterocycles. The van der Waals surface area contributed by atoms with Gasteiger partial charge in [0.05, 0.1) is 17.9 Å². The number of halogens is 1. The first-order valence-electron chi connectivity index (χ1n) is 11.9. The molecular formula is C25H31ClN2O6. The topological polar surface area (TPSA) is 107 Å². The minimum Gasteiger partial charge on any atom is -0.481 e. The maximum Gasteiger partial charge on any atom is 0.310 e. The Morgan fingerprint density at radius 3 is 2.59 bits per heavy atom. The van der Waals surface area contributed by atoms with Crippen LogP contribution in [0.1, 0.15) is 38.5 Å². The minimum absolute atomic E-state index is 0.113. The van der Waals surface area contributed by atoms with Gasteiger partial charge in [-0.3, -0.25) is 14.4 Å². The van der Waals surface area contributed by atoms with Crippen LogP contribution in [-0.4, -0.2) is 70.3 Å². The number of aliphatic carboxylic acids is 1. The predicted molar refractivity (Wildman–Crippen MR) is 127 cm³/mol. The van der Waals surface area contributed by atoms with Gasteiger partial charge in [-0.2, -0.15) is 0 Å². The molecule has 3 aliphatic rings. The summed E-state index contributed by atoms with van der Waals surface area (Å²) in [6, 6.07) is 5.95. The Labute approximate surface area is 204 Å². The number of likely N-dealkylation sites (tertiary alicyclic amines) is 1. The lowest BCUT2D eigenvalue weighted by atomic mass is 9.70. The number of carbonyl (C=O) groups is 3. The molecule has 8 nitrogen and oxygen atoms in total. The van der Waals surface area contributed by atoms with Gasteiger partial charge in [0, 0.05) is 30.4 Å². The molecule has 1 aromatic carbocycles. The first-order chi connectivity index (χ1) is 16.4. The molecule has 2 amide bonds. The monoisotopic (exact) mass is 490 g/mol. The van der Waals surface area contributed by atoms with Gasteiger partial charge in [0.25, 0.3) is 5.91 Å². The van der Waals surface area contributed by atoms with Crippen LogP contribution in [-0.2, 0) is 19.1 Å². The van der Waals surface area contributed by atoms with Crippen molar-refractivity contribution in [3.05, 3.63) is 41.9 Å². The average Bonchev–Trinajstić information content (AvgIpc) is 3.45. The summed E-state index contributed by atoms with van der Waals surface area (Å²) in [6.07, 6.45) is 4.98. The molecular weight excluding hydrogens is 460 g/mol. The minimum atomic E-state index is -1.14. The Hall–Kier alpha value is -2.42. The Morgan fingerprint density at radius 1 is 1.24 bits per heavy atom. The molecule has 9 heteroatoms. The third-order valence-electron chi connectivity index (χ3n) is 7.34. The Morgan fingerprint density at radius 2 is 1.94 bits per heavy atom. The van der Waals surface area contributed by atoms with E-state index in [1.54, 1.807) is 40.1 Å². The van der Waals surface area contributed by atoms with Crippen LogP contribution in [0.15, 0.2) is 36.9 Å². The highest BCUT2D eigenvalue weighted by molar-refractivity contribution is 6.30. The van der Waals surface area contributed by atoms with E-state index in [1.807, 2.05) is 0 Å². The van der Waals surface area contributed by atoms with Crippen molar-refractivity contribution in [3.8, 4) is 0 Å². The number of aliphatic hydroxyl groups is 1. The summed E-state index contributed by atoms with van der Waals surface area (Å²) >= 11 is 6.04. The fraction of sp³-hybridized carbons (Fsp3) is 0.560. The molecule has 0 radical (unpaired) electrons. The Bertz CT molecular complexity index is 953. The van der Waals surface area contributed by atoms with Crippen molar-refractivity contribution in [1.29, 1.82) is 0 Å². The standard InChI is InChI=1S/C25H31ClN2O6/c1-2-13-27(17-9-7-16(26)8-10-17)23(31)21-25-12-11-18(34-25)19(24(32)33)20(25)22(30)28(21)14-5-3-4-6-15-29/h2,7-10,18-21,29H,1,3-6,11-15H2,(H,32,33)/t18-,19+,20-,21?,25?/m0/s1. The number of amides is 2. The van der Waals surface area contributed by atoms with E-state index in [0.717, 1.165) is 12.8 Å². The summed E-state index contributed by atoms with van der Waals surface area (Å²) in [5.74, 6) is -3.49. The average molecular weight is 491 g/mol. The first-order valence-corrected chi connectivity index (χ1v) is 12.2. The zero-order chi connectivity index (χ0) is 24.5. The number of carboxylic acid groups (broad SMARTS) is 1. The molecule has 4 rings (SSSR count). The van der Waals surface area contributed by atoms with E-state index in [4.69, 9.17) is 21.4 Å². The summed E-state index contributed by atoms with van der Waals surface area (Å²) in [4.78, 5) is 42.9. The fourth-order valence-corrected chi connectivity index (χ4v) is 6.05. The summed E-state index contributed by atoms with van der Waals surface area (Å²) < 4.78 is 6.25. The number of aliphatic hydroxyl groups excluding tert-OH is 1. The lowest BCUT2D eigenvalue weighted by molar-refractivity contribution is -0.149. The van der Waals surface area contributed by atoms with Crippen molar-refractivity contribution in [2.75, 3.05) is 24.6 Å². The van der Waals surface area contributed by atoms with Crippen LogP contribution in [0, 0.1) is 11.8 Å². The van der Waals surface area contributed by atoms with E-state index < -0.39 is 35.6 Å². The molecule has 0 saturated carbocycles. The van der Waals surface area contributed by atoms with E-state index in [9.17, 15) is 19.5 Å². The summed E-state index contributed by atoms with van der Waals surface area (Å²) in [7, 11) is 0. The highest BCUT2D eigenvalue weighted by Crippen LogP contribution is 2.58. The summed E-state index contributed by atoms with van der Waals surface area (Å²) in [5, 5.41) is 19.4. The Balaban J connectivity index is 1.68. The van der Waals surface area contributed by atoms with Crippen LogP contribution in [0.4, 0.5) is 5.69 Å². The molecule has 1 spiro atoms. The largest absolute Gasteiger partial charge is 0.481 e. The molecule has 1 aromatic rings. The van der Waals surface area contributed by atoms with Crippen LogP contribution < -0.4 is 4.90 Å². The number of benzene rings is 1. The van der Waals surface area contributed by atoms with Crippen molar-refractivity contribution < 1.29 is 29.3 Å². The second-order valence-corrected chi connectivity index (χ2v) is 9.71. The van der Waals surface area contributed by atoms with Gasteiger partial charge in [0.15, 0.2) is 0 Å². The third-order valence-corrected chi connectivity index (χ3v) is 7.59. The number of anilines is 1. The second-order valence-electron chi connectivity index (χ2n) is 9.28. The third kappa shape index (κ3) is 4.12. The van der Waals surface area contributed by atoms with E-state index in [1.165, 1.54) is 0 Å². The Kier molecular flexibility index (Phi) is 7.31. The summed E-state index contributed by atoms with van der Waals surface area (Å²) in [5.41, 5.74) is -0.523. The lowest BCUT2D eigenvalue weighted by Crippen LogP contribution is -2.56. The smallest absolute Gasteiger partial charge is 0.310 e. The lowest BCUT2D eigenvalue weighted by Gasteiger charge is -2.36. The number of ether oxygens (including phenoxy) is 1. The number of unbranched alkanes of at least 4 members (excludes halogenated alkanes) is 3. The van der Waals surface area contributed by atoms with Crippen molar-refractivity contribution in [3.63, 3.8) is 0 Å². The predicted octanol–water partition coefficient (Wildman–Crippen LogP) is 2.87. The number of hydrogen-bond donors (Lipinski definition) is 2. The normalized spacial score (nSPS) is 29.4. The van der Waals surface area contributed by atoms with Crippen LogP contribution in [0.3, 0.4) is 0 Å². The molecule has 3 aliphatic heterocycles. The van der Waals surface area contributed by atoms with Gasteiger partial charge in [-0.25, -0.2) is 0 Å². The van der Waals surface area contributed by atoms with Crippen LogP contribution >= 0.6 is 11.6 Å². The van der Waals surface area contributed by atoms with Gasteiger partial charge in [0.2, 0.25) is 5.91 Å². The maximum atomic E-state index is 14.1. The number of carboxylic acids is 1. The SMILES string of the molecule is C=CCN(C(=O)C1N(CCCCCCO)C(=O)[C@@H]2[C@H](C(=O)O)[C@@H]3CCC12O3)c1ccc(Cl)cc1. The number of rotatable bonds is 11. The number of fused-ring (bicyclic) bond motifs is 1. The van der Waals surface area contributed by atoms with Crippen molar-refractivity contribution >= 4 is 35.1 Å². The highest BCUT2D eigenvalue weighted by atomic mass is 35.5. The number of carbonyl (C=O) groups excluding carboxylic acids is 2. The van der Waals surface area contributed by atoms with Gasteiger partial charge in [-0.1, -0.05) is 30.5 Å². The fourth-order valence-electron chi connectivity index (χ4n) is 5.92. The van der Waals surface area contributed by atoms with E-state index >= 15 is 0 Å². The molecule has 0 aromatic heterocycles. The molecule has 3 heterocycles. The number of nitrogens with zero attached hydrogens (tertiary/aromatic N) is 2. The quantitative estimate of drug-likeness (QED) is 0.365. The molecule has 34 heavy (non-hydrogen) atoms. The van der Waals surface area contributed by atoms with Crippen LogP contribution in [0.25, 0.3) is 0 Å². The van der Waals surface area contributed by atoms with E-state index in [-0.39, 0.29) is 25.0 Å². The molecule has 2 unspecified atom stereocenters. The van der Waals surface area contributed by atoms with Gasteiger partial charge in [-0.05, 0) is 49.9 Å².